The number of piperidine rings is 1. The molecule has 9 heteroatoms. The van der Waals surface area contributed by atoms with E-state index in [0.717, 1.165) is 24.4 Å². The zero-order valence-electron chi connectivity index (χ0n) is 21.9. The van der Waals surface area contributed by atoms with Crippen LogP contribution in [0.5, 0.6) is 5.75 Å². The molecule has 3 saturated heterocycles. The molecule has 0 aliphatic carbocycles. The predicted molar refractivity (Wildman–Crippen MR) is 137 cm³/mol. The number of hydrogen-bond acceptors (Lipinski definition) is 6. The van der Waals surface area contributed by atoms with Crippen LogP contribution in [0.1, 0.15) is 48.0 Å². The highest BCUT2D eigenvalue weighted by Gasteiger charge is 2.46. The number of alkyl carbamates (subject to hydrolysis) is 1. The number of anilines is 1. The third-order valence-corrected chi connectivity index (χ3v) is 6.51. The van der Waals surface area contributed by atoms with E-state index in [2.05, 4.69) is 41.5 Å². The quantitative estimate of drug-likeness (QED) is 0.403. The summed E-state index contributed by atoms with van der Waals surface area (Å²) in [6, 6.07) is 8.42. The fourth-order valence-electron chi connectivity index (χ4n) is 5.06. The second kappa shape index (κ2) is 10.7. The van der Waals surface area contributed by atoms with E-state index < -0.39 is 11.7 Å². The summed E-state index contributed by atoms with van der Waals surface area (Å²) in [4.78, 5) is 29.2. The number of nitrogens with zero attached hydrogens (tertiary/aromatic N) is 2. The second-order valence-corrected chi connectivity index (χ2v) is 11.1. The van der Waals surface area contributed by atoms with Gasteiger partial charge in [0.1, 0.15) is 17.2 Å². The van der Waals surface area contributed by atoms with Crippen molar-refractivity contribution in [3.8, 4) is 5.75 Å². The monoisotopic (exact) mass is 487 g/mol. The number of carbonyl (C=O) groups is 2. The first-order valence-electron chi connectivity index (χ1n) is 12.4. The van der Waals surface area contributed by atoms with Gasteiger partial charge in [0, 0.05) is 25.3 Å². The lowest BCUT2D eigenvalue weighted by atomic mass is 9.73. The number of amides is 2. The molecule has 3 fully saturated rings. The Kier molecular flexibility index (Phi) is 8.18. The van der Waals surface area contributed by atoms with E-state index in [1.165, 1.54) is 0 Å². The summed E-state index contributed by atoms with van der Waals surface area (Å²) in [7, 11) is 0. The smallest absolute Gasteiger partial charge is 0.408 e. The first kappa shape index (κ1) is 26.6. The van der Waals surface area contributed by atoms with E-state index in [4.69, 9.17) is 14.9 Å². The predicted octanol–water partition coefficient (Wildman–Crippen LogP) is 3.24. The van der Waals surface area contributed by atoms with Gasteiger partial charge in [0.25, 0.3) is 0 Å². The maximum absolute atomic E-state index is 13.1. The molecule has 0 saturated carbocycles. The van der Waals surface area contributed by atoms with Crippen molar-refractivity contribution in [2.45, 2.75) is 59.6 Å². The maximum Gasteiger partial charge on any atom is 0.408 e. The van der Waals surface area contributed by atoms with E-state index in [0.29, 0.717) is 25.6 Å². The topological polar surface area (TPSA) is 107 Å². The summed E-state index contributed by atoms with van der Waals surface area (Å²) in [6.07, 6.45) is 0.481. The number of ether oxygens (including phenoxy) is 2. The molecule has 2 atom stereocenters. The molecule has 0 aromatic heterocycles. The third kappa shape index (κ3) is 7.26. The van der Waals surface area contributed by atoms with Crippen LogP contribution in [-0.2, 0) is 9.53 Å². The van der Waals surface area contributed by atoms with Crippen LogP contribution >= 0.6 is 0 Å². The largest absolute Gasteiger partial charge is 0.494 e. The summed E-state index contributed by atoms with van der Waals surface area (Å²) in [5.41, 5.74) is 0.613. The first-order valence-corrected chi connectivity index (χ1v) is 12.4. The Morgan fingerprint density at radius 1 is 1.09 bits per heavy atom. The number of hydrogen-bond donors (Lipinski definition) is 3. The molecule has 3 N–H and O–H groups in total. The fourth-order valence-corrected chi connectivity index (χ4v) is 5.06. The molecule has 0 unspecified atom stereocenters. The lowest BCUT2D eigenvalue weighted by Gasteiger charge is -2.48. The Bertz CT molecular complexity index is 909. The molecule has 3 aliphatic heterocycles. The summed E-state index contributed by atoms with van der Waals surface area (Å²) < 4.78 is 10.8. The van der Waals surface area contributed by atoms with Crippen LogP contribution in [0.25, 0.3) is 0 Å². The average molecular weight is 488 g/mol. The van der Waals surface area contributed by atoms with Crippen LogP contribution in [0.3, 0.4) is 0 Å². The van der Waals surface area contributed by atoms with Gasteiger partial charge in [0.15, 0.2) is 0 Å². The molecule has 1 aromatic carbocycles. The molecule has 2 bridgehead atoms. The Hall–Kier alpha value is -2.97. The minimum absolute atomic E-state index is 0.0218. The molecule has 35 heavy (non-hydrogen) atoms. The number of benzene rings is 1. The van der Waals surface area contributed by atoms with Crippen molar-refractivity contribution >= 4 is 23.5 Å². The van der Waals surface area contributed by atoms with Crippen molar-refractivity contribution < 1.29 is 19.1 Å². The third-order valence-electron chi connectivity index (χ3n) is 6.51. The zero-order chi connectivity index (χ0) is 25.8. The van der Waals surface area contributed by atoms with Crippen molar-refractivity contribution in [2.75, 3.05) is 44.2 Å². The van der Waals surface area contributed by atoms with E-state index in [9.17, 15) is 9.59 Å². The van der Waals surface area contributed by atoms with E-state index in [-0.39, 0.29) is 36.3 Å². The van der Waals surface area contributed by atoms with Gasteiger partial charge >= 0.3 is 6.09 Å². The van der Waals surface area contributed by atoms with Crippen LogP contribution in [0.4, 0.5) is 10.5 Å². The molecule has 1 aromatic rings. The van der Waals surface area contributed by atoms with Crippen molar-refractivity contribution in [2.24, 2.45) is 11.3 Å². The number of carbonyl (C=O) groups excluding carboxylic acids is 2. The minimum atomic E-state index is -0.602. The van der Waals surface area contributed by atoms with Crippen molar-refractivity contribution in [1.82, 2.24) is 15.5 Å². The zero-order valence-corrected chi connectivity index (χ0v) is 21.9. The highest BCUT2D eigenvalue weighted by atomic mass is 16.6. The van der Waals surface area contributed by atoms with Crippen LogP contribution in [0.15, 0.2) is 24.3 Å². The van der Waals surface area contributed by atoms with Crippen molar-refractivity contribution in [3.05, 3.63) is 24.3 Å². The number of amidine groups is 1. The van der Waals surface area contributed by atoms with Crippen LogP contribution in [0, 0.1) is 16.7 Å². The minimum Gasteiger partial charge on any atom is -0.494 e. The Balaban J connectivity index is 1.58. The first-order chi connectivity index (χ1) is 16.4. The van der Waals surface area contributed by atoms with E-state index in [1.54, 1.807) is 20.8 Å². The average Bonchev–Trinajstić information content (AvgIpc) is 3.03. The summed E-state index contributed by atoms with van der Waals surface area (Å²) in [5.74, 6) is 1.26. The van der Waals surface area contributed by atoms with Gasteiger partial charge in [-0.1, -0.05) is 13.8 Å². The highest BCUT2D eigenvalue weighted by molar-refractivity contribution is 5.88. The molecular formula is C26H41N5O4. The van der Waals surface area contributed by atoms with Gasteiger partial charge < -0.3 is 29.9 Å². The van der Waals surface area contributed by atoms with Gasteiger partial charge in [-0.05, 0) is 69.7 Å². The van der Waals surface area contributed by atoms with Crippen LogP contribution in [0.2, 0.25) is 0 Å². The van der Waals surface area contributed by atoms with Gasteiger partial charge in [-0.25, -0.2) is 4.79 Å². The molecule has 3 aliphatic rings. The lowest BCUT2D eigenvalue weighted by Crippen LogP contribution is -2.54. The van der Waals surface area contributed by atoms with Gasteiger partial charge in [-0.2, -0.15) is 0 Å². The Labute approximate surface area is 209 Å². The van der Waals surface area contributed by atoms with E-state index in [1.807, 2.05) is 24.0 Å². The molecule has 2 amide bonds. The molecular weight excluding hydrogens is 446 g/mol. The number of nitrogens with one attached hydrogen (secondary N) is 3. The SMILES string of the molecule is CCOc1ccc(N2C[C@H]3CN(C(=O)CNC(=N)CNC(=O)OC(C)(C)C)C[C@@H]2C(C)(C)C3)cc1. The van der Waals surface area contributed by atoms with Crippen molar-refractivity contribution in [3.63, 3.8) is 0 Å². The normalized spacial score (nSPS) is 21.2. The number of rotatable bonds is 7. The van der Waals surface area contributed by atoms with Crippen LogP contribution in [-0.4, -0.2) is 73.7 Å². The summed E-state index contributed by atoms with van der Waals surface area (Å²) in [5, 5.41) is 13.4. The number of fused-ring (bicyclic) bond motifs is 4. The van der Waals surface area contributed by atoms with Crippen molar-refractivity contribution in [1.29, 1.82) is 5.41 Å². The Morgan fingerprint density at radius 2 is 1.77 bits per heavy atom. The Morgan fingerprint density at radius 3 is 2.40 bits per heavy atom. The highest BCUT2D eigenvalue weighted by Crippen LogP contribution is 2.43. The molecule has 194 valence electrons. The molecule has 0 radical (unpaired) electrons. The lowest BCUT2D eigenvalue weighted by molar-refractivity contribution is -0.130. The fraction of sp³-hybridized carbons (Fsp3) is 0.654. The summed E-state index contributed by atoms with van der Waals surface area (Å²) in [6.45, 7) is 14.8. The van der Waals surface area contributed by atoms with Gasteiger partial charge in [0.2, 0.25) is 5.91 Å². The van der Waals surface area contributed by atoms with Crippen LogP contribution < -0.4 is 20.3 Å². The van der Waals surface area contributed by atoms with E-state index >= 15 is 0 Å². The summed E-state index contributed by atoms with van der Waals surface area (Å²) >= 11 is 0. The van der Waals surface area contributed by atoms with Gasteiger partial charge in [0.05, 0.1) is 25.7 Å². The maximum atomic E-state index is 13.1. The molecule has 4 rings (SSSR count). The molecule has 9 nitrogen and oxygen atoms in total. The molecule has 3 heterocycles. The van der Waals surface area contributed by atoms with Gasteiger partial charge in [-0.3, -0.25) is 10.2 Å². The standard InChI is InChI=1S/C26H41N5O4/c1-7-34-20-10-8-19(9-11-20)31-16-18-12-26(5,6)21(31)17-30(15-18)23(32)14-28-22(27)13-29-24(33)35-25(2,3)4/h8-11,18,21H,7,12-17H2,1-6H3,(H2,27,28)(H,29,33)/t18-,21-/m1/s1. The second-order valence-electron chi connectivity index (χ2n) is 11.1. The van der Waals surface area contributed by atoms with Gasteiger partial charge in [-0.15, -0.1) is 0 Å². The molecule has 0 spiro atoms.